The molecule has 1 unspecified atom stereocenters. The van der Waals surface area contributed by atoms with E-state index in [2.05, 4.69) is 51.2 Å². The summed E-state index contributed by atoms with van der Waals surface area (Å²) in [6.45, 7) is 10.6. The van der Waals surface area contributed by atoms with Crippen molar-refractivity contribution >= 4 is 0 Å². The van der Waals surface area contributed by atoms with Crippen LogP contribution in [0.5, 0.6) is 0 Å². The number of aryl methyl sites for hydroxylation is 2. The number of likely N-dealkylation sites (N-methyl/N-ethyl adjacent to an activating group) is 1. The first-order chi connectivity index (χ1) is 10.1. The van der Waals surface area contributed by atoms with Crippen LogP contribution >= 0.6 is 0 Å². The first-order valence-electron chi connectivity index (χ1n) is 8.53. The van der Waals surface area contributed by atoms with E-state index in [-0.39, 0.29) is 0 Å². The number of rotatable bonds is 8. The van der Waals surface area contributed by atoms with Gasteiger partial charge in [-0.3, -0.25) is 0 Å². The number of ether oxygens (including phenoxy) is 1. The highest BCUT2D eigenvalue weighted by Crippen LogP contribution is 2.34. The van der Waals surface area contributed by atoms with Crippen LogP contribution in [-0.4, -0.2) is 25.3 Å². The molecule has 1 aliphatic carbocycles. The Bertz CT molecular complexity index is 437. The van der Waals surface area contributed by atoms with Crippen LogP contribution in [0.25, 0.3) is 0 Å². The van der Waals surface area contributed by atoms with E-state index in [0.29, 0.717) is 12.1 Å². The summed E-state index contributed by atoms with van der Waals surface area (Å²) in [5, 5.41) is 3.67. The van der Waals surface area contributed by atoms with Crippen LogP contribution in [0.15, 0.2) is 18.2 Å². The van der Waals surface area contributed by atoms with E-state index < -0.39 is 0 Å². The minimum absolute atomic E-state index is 0.531. The van der Waals surface area contributed by atoms with Crippen molar-refractivity contribution in [2.75, 3.05) is 13.2 Å². The van der Waals surface area contributed by atoms with Gasteiger partial charge in [0.05, 0.1) is 6.10 Å². The van der Waals surface area contributed by atoms with Gasteiger partial charge in [-0.25, -0.2) is 0 Å². The second-order valence-electron chi connectivity index (χ2n) is 6.53. The minimum atomic E-state index is 0.531. The van der Waals surface area contributed by atoms with Gasteiger partial charge in [0.25, 0.3) is 0 Å². The van der Waals surface area contributed by atoms with Crippen molar-refractivity contribution in [1.29, 1.82) is 0 Å². The molecule has 0 amide bonds. The molecule has 0 spiro atoms. The van der Waals surface area contributed by atoms with Crippen molar-refractivity contribution in [3.8, 4) is 0 Å². The Kier molecular flexibility index (Phi) is 6.25. The third-order valence-electron chi connectivity index (χ3n) is 4.76. The number of hydrogen-bond donors (Lipinski definition) is 1. The van der Waals surface area contributed by atoms with Gasteiger partial charge in [-0.2, -0.15) is 0 Å². The molecule has 0 aliphatic heterocycles. The normalized spacial score (nSPS) is 22.9. The van der Waals surface area contributed by atoms with Crippen molar-refractivity contribution in [1.82, 2.24) is 5.32 Å². The van der Waals surface area contributed by atoms with E-state index in [4.69, 9.17) is 4.74 Å². The zero-order valence-corrected chi connectivity index (χ0v) is 14.1. The fourth-order valence-corrected chi connectivity index (χ4v) is 3.38. The first kappa shape index (κ1) is 16.5. The summed E-state index contributed by atoms with van der Waals surface area (Å²) in [7, 11) is 0. The van der Waals surface area contributed by atoms with E-state index in [1.165, 1.54) is 36.0 Å². The molecule has 1 aromatic rings. The van der Waals surface area contributed by atoms with Gasteiger partial charge in [-0.05, 0) is 75.6 Å². The first-order valence-corrected chi connectivity index (χ1v) is 8.53. The van der Waals surface area contributed by atoms with Gasteiger partial charge in [0.2, 0.25) is 0 Å². The molecule has 1 aromatic carbocycles. The molecule has 1 aliphatic rings. The predicted molar refractivity (Wildman–Crippen MR) is 89.8 cm³/mol. The van der Waals surface area contributed by atoms with E-state index in [9.17, 15) is 0 Å². The van der Waals surface area contributed by atoms with Crippen LogP contribution in [0.4, 0.5) is 0 Å². The van der Waals surface area contributed by atoms with Gasteiger partial charge >= 0.3 is 0 Å². The summed E-state index contributed by atoms with van der Waals surface area (Å²) < 4.78 is 5.68. The van der Waals surface area contributed by atoms with E-state index in [1.807, 2.05) is 0 Å². The highest BCUT2D eigenvalue weighted by Gasteiger charge is 2.31. The van der Waals surface area contributed by atoms with Crippen molar-refractivity contribution in [3.05, 3.63) is 34.9 Å². The molecule has 118 valence electrons. The standard InChI is InChI=1S/C19H31NO/c1-5-20-18(11-17-12-19(13-17)21-6-2)10-16-8-7-14(3)15(4)9-16/h7-9,17-20H,5-6,10-13H2,1-4H3. The molecule has 2 rings (SSSR count). The van der Waals surface area contributed by atoms with Crippen molar-refractivity contribution in [2.45, 2.75) is 65.5 Å². The topological polar surface area (TPSA) is 21.3 Å². The Hall–Kier alpha value is -0.860. The van der Waals surface area contributed by atoms with E-state index in [1.54, 1.807) is 0 Å². The quantitative estimate of drug-likeness (QED) is 0.780. The number of nitrogens with one attached hydrogen (secondary N) is 1. The molecule has 1 N–H and O–H groups in total. The zero-order valence-electron chi connectivity index (χ0n) is 14.1. The summed E-state index contributed by atoms with van der Waals surface area (Å²) in [5.74, 6) is 0.845. The molecular weight excluding hydrogens is 258 g/mol. The highest BCUT2D eigenvalue weighted by molar-refractivity contribution is 5.30. The SMILES string of the molecule is CCNC(Cc1ccc(C)c(C)c1)CC1CC(OCC)C1. The Morgan fingerprint density at radius 1 is 1.19 bits per heavy atom. The second kappa shape index (κ2) is 7.95. The molecule has 0 radical (unpaired) electrons. The summed E-state index contributed by atoms with van der Waals surface area (Å²) >= 11 is 0. The monoisotopic (exact) mass is 289 g/mol. The maximum absolute atomic E-state index is 5.68. The van der Waals surface area contributed by atoms with Crippen LogP contribution in [0.2, 0.25) is 0 Å². The average Bonchev–Trinajstić information content (AvgIpc) is 2.41. The minimum Gasteiger partial charge on any atom is -0.378 e. The Morgan fingerprint density at radius 3 is 2.57 bits per heavy atom. The molecule has 1 fully saturated rings. The summed E-state index contributed by atoms with van der Waals surface area (Å²) in [5.41, 5.74) is 4.25. The molecular formula is C19H31NO. The van der Waals surface area contributed by atoms with Gasteiger partial charge in [0.1, 0.15) is 0 Å². The Balaban J connectivity index is 1.85. The average molecular weight is 289 g/mol. The molecule has 0 saturated heterocycles. The molecule has 1 atom stereocenters. The molecule has 2 heteroatoms. The highest BCUT2D eigenvalue weighted by atomic mass is 16.5. The fraction of sp³-hybridized carbons (Fsp3) is 0.684. The molecule has 1 saturated carbocycles. The van der Waals surface area contributed by atoms with Crippen molar-refractivity contribution in [2.24, 2.45) is 5.92 Å². The maximum atomic E-state index is 5.68. The summed E-state index contributed by atoms with van der Waals surface area (Å²) in [6, 6.07) is 7.49. The third-order valence-corrected chi connectivity index (χ3v) is 4.76. The Morgan fingerprint density at radius 2 is 1.95 bits per heavy atom. The van der Waals surface area contributed by atoms with Gasteiger partial charge in [0, 0.05) is 12.6 Å². The largest absolute Gasteiger partial charge is 0.378 e. The molecule has 2 nitrogen and oxygen atoms in total. The van der Waals surface area contributed by atoms with Crippen molar-refractivity contribution in [3.63, 3.8) is 0 Å². The lowest BCUT2D eigenvalue weighted by atomic mass is 9.77. The van der Waals surface area contributed by atoms with Crippen LogP contribution < -0.4 is 5.32 Å². The molecule has 21 heavy (non-hydrogen) atoms. The number of hydrogen-bond acceptors (Lipinski definition) is 2. The van der Waals surface area contributed by atoms with Gasteiger partial charge in [0.15, 0.2) is 0 Å². The maximum Gasteiger partial charge on any atom is 0.0580 e. The van der Waals surface area contributed by atoms with Gasteiger partial charge in [-0.1, -0.05) is 25.1 Å². The van der Waals surface area contributed by atoms with Gasteiger partial charge < -0.3 is 10.1 Å². The van der Waals surface area contributed by atoms with Crippen LogP contribution in [0, 0.1) is 19.8 Å². The van der Waals surface area contributed by atoms with E-state index >= 15 is 0 Å². The summed E-state index contributed by atoms with van der Waals surface area (Å²) in [4.78, 5) is 0. The fourth-order valence-electron chi connectivity index (χ4n) is 3.38. The van der Waals surface area contributed by atoms with Crippen LogP contribution in [-0.2, 0) is 11.2 Å². The van der Waals surface area contributed by atoms with Gasteiger partial charge in [-0.15, -0.1) is 0 Å². The zero-order chi connectivity index (χ0) is 15.2. The lowest BCUT2D eigenvalue weighted by molar-refractivity contribution is -0.0289. The molecule has 0 bridgehead atoms. The molecule has 0 aromatic heterocycles. The lowest BCUT2D eigenvalue weighted by Crippen LogP contribution is -2.39. The lowest BCUT2D eigenvalue weighted by Gasteiger charge is -2.37. The smallest absolute Gasteiger partial charge is 0.0580 e. The third kappa shape index (κ3) is 4.82. The van der Waals surface area contributed by atoms with E-state index in [0.717, 1.165) is 25.5 Å². The predicted octanol–water partition coefficient (Wildman–Crippen LogP) is 4.03. The second-order valence-corrected chi connectivity index (χ2v) is 6.53. The van der Waals surface area contributed by atoms with Crippen LogP contribution in [0.1, 0.15) is 49.8 Å². The van der Waals surface area contributed by atoms with Crippen molar-refractivity contribution < 1.29 is 4.74 Å². The molecule has 0 heterocycles. The number of benzene rings is 1. The Labute approximate surface area is 130 Å². The summed E-state index contributed by atoms with van der Waals surface area (Å²) in [6.07, 6.45) is 5.46. The van der Waals surface area contributed by atoms with Crippen LogP contribution in [0.3, 0.4) is 0 Å².